The lowest BCUT2D eigenvalue weighted by Crippen LogP contribution is -2.32. The number of nitrogens with two attached hydrogens (primary N) is 1. The molecule has 4 N–H and O–H groups in total. The average molecular weight is 308 g/mol. The van der Waals surface area contributed by atoms with Crippen molar-refractivity contribution in [2.45, 2.75) is 12.2 Å². The Morgan fingerprint density at radius 3 is 2.30 bits per heavy atom. The van der Waals surface area contributed by atoms with Gasteiger partial charge in [-0.25, -0.2) is 17.2 Å². The Hall–Kier alpha value is -2.23. The predicted octanol–water partition coefficient (Wildman–Crippen LogP) is 0.278. The Morgan fingerprint density at radius 1 is 1.30 bits per heavy atom. The lowest BCUT2D eigenvalue weighted by molar-refractivity contribution is -0.136. The van der Waals surface area contributed by atoms with Gasteiger partial charge in [0.2, 0.25) is 10.0 Å². The molecule has 0 aliphatic heterocycles. The van der Waals surface area contributed by atoms with Crippen molar-refractivity contribution in [3.63, 3.8) is 0 Å². The highest BCUT2D eigenvalue weighted by Gasteiger charge is 2.29. The van der Waals surface area contributed by atoms with E-state index < -0.39 is 50.0 Å². The standard InChI is InChI=1S/C10H10F2N2O5S/c1-4(10(16)17)20(18,19)14-8-2-5(9(13)15)6(11)3-7(8)12/h2-4,14H,1H3,(H2,13,15)(H,16,17). The SMILES string of the molecule is CC(C(=O)O)S(=O)(=O)Nc1cc(C(N)=O)c(F)cc1F. The molecule has 0 saturated carbocycles. The number of carbonyl (C=O) groups is 2. The van der Waals surface area contributed by atoms with Crippen molar-refractivity contribution >= 4 is 27.6 Å². The van der Waals surface area contributed by atoms with Gasteiger partial charge in [0.1, 0.15) is 11.6 Å². The van der Waals surface area contributed by atoms with Crippen LogP contribution in [0.1, 0.15) is 17.3 Å². The van der Waals surface area contributed by atoms with E-state index in [1.807, 2.05) is 0 Å². The van der Waals surface area contributed by atoms with Gasteiger partial charge < -0.3 is 10.8 Å². The van der Waals surface area contributed by atoms with Gasteiger partial charge in [-0.15, -0.1) is 0 Å². The first kappa shape index (κ1) is 15.8. The van der Waals surface area contributed by atoms with Crippen LogP contribution in [0.3, 0.4) is 0 Å². The average Bonchev–Trinajstić information content (AvgIpc) is 2.30. The predicted molar refractivity (Wildman–Crippen MR) is 64.5 cm³/mol. The van der Waals surface area contributed by atoms with E-state index in [1.54, 1.807) is 4.72 Å². The molecule has 0 aromatic heterocycles. The summed E-state index contributed by atoms with van der Waals surface area (Å²) in [5.74, 6) is -5.46. The third-order valence-corrected chi connectivity index (χ3v) is 4.02. The Kier molecular flexibility index (Phi) is 4.28. The molecule has 110 valence electrons. The van der Waals surface area contributed by atoms with Crippen LogP contribution in [0.4, 0.5) is 14.5 Å². The van der Waals surface area contributed by atoms with Crippen LogP contribution in [-0.2, 0) is 14.8 Å². The number of hydrogen-bond donors (Lipinski definition) is 3. The molecule has 0 bridgehead atoms. The Bertz CT molecular complexity index is 674. The molecule has 7 nitrogen and oxygen atoms in total. The molecule has 0 heterocycles. The highest BCUT2D eigenvalue weighted by atomic mass is 32.2. The van der Waals surface area contributed by atoms with E-state index in [0.717, 1.165) is 6.92 Å². The topological polar surface area (TPSA) is 127 Å². The van der Waals surface area contributed by atoms with Crippen LogP contribution in [0.2, 0.25) is 0 Å². The molecule has 1 unspecified atom stereocenters. The van der Waals surface area contributed by atoms with Gasteiger partial charge in [0, 0.05) is 6.07 Å². The number of anilines is 1. The van der Waals surface area contributed by atoms with E-state index in [4.69, 9.17) is 10.8 Å². The smallest absolute Gasteiger partial charge is 0.323 e. The first-order chi connectivity index (χ1) is 9.06. The fourth-order valence-electron chi connectivity index (χ4n) is 1.19. The van der Waals surface area contributed by atoms with Crippen molar-refractivity contribution in [1.82, 2.24) is 0 Å². The third kappa shape index (κ3) is 3.20. The number of carboxylic acids is 1. The molecule has 1 atom stereocenters. The Morgan fingerprint density at radius 2 is 1.85 bits per heavy atom. The maximum Gasteiger partial charge on any atom is 0.323 e. The number of primary amides is 1. The zero-order valence-electron chi connectivity index (χ0n) is 10.1. The molecule has 0 aliphatic rings. The summed E-state index contributed by atoms with van der Waals surface area (Å²) < 4.78 is 51.4. The zero-order chi connectivity index (χ0) is 15.7. The van der Waals surface area contributed by atoms with Crippen LogP contribution >= 0.6 is 0 Å². The van der Waals surface area contributed by atoms with E-state index >= 15 is 0 Å². The molecule has 0 fully saturated rings. The van der Waals surface area contributed by atoms with Crippen LogP contribution in [0.15, 0.2) is 12.1 Å². The zero-order valence-corrected chi connectivity index (χ0v) is 10.9. The lowest BCUT2D eigenvalue weighted by atomic mass is 10.2. The number of amides is 1. The second-order valence-electron chi connectivity index (χ2n) is 3.80. The molecule has 1 rings (SSSR count). The fourth-order valence-corrected chi connectivity index (χ4v) is 2.10. The minimum Gasteiger partial charge on any atom is -0.480 e. The molecule has 1 aromatic carbocycles. The monoisotopic (exact) mass is 308 g/mol. The van der Waals surface area contributed by atoms with E-state index in [2.05, 4.69) is 0 Å². The molecule has 0 aliphatic carbocycles. The van der Waals surface area contributed by atoms with Crippen molar-refractivity contribution in [1.29, 1.82) is 0 Å². The van der Waals surface area contributed by atoms with Gasteiger partial charge in [-0.1, -0.05) is 0 Å². The number of carbonyl (C=O) groups excluding carboxylic acids is 1. The van der Waals surface area contributed by atoms with Gasteiger partial charge in [0.15, 0.2) is 5.25 Å². The van der Waals surface area contributed by atoms with Gasteiger partial charge in [-0.2, -0.15) is 0 Å². The molecular weight excluding hydrogens is 298 g/mol. The minimum absolute atomic E-state index is 0.267. The van der Waals surface area contributed by atoms with Crippen LogP contribution < -0.4 is 10.5 Å². The number of benzene rings is 1. The summed E-state index contributed by atoms with van der Waals surface area (Å²) in [5, 5.41) is 6.73. The first-order valence-electron chi connectivity index (χ1n) is 5.09. The second kappa shape index (κ2) is 5.41. The Balaban J connectivity index is 3.26. The largest absolute Gasteiger partial charge is 0.480 e. The summed E-state index contributed by atoms with van der Waals surface area (Å²) >= 11 is 0. The van der Waals surface area contributed by atoms with Crippen molar-refractivity contribution in [2.75, 3.05) is 4.72 Å². The van der Waals surface area contributed by atoms with Crippen LogP contribution in [0.25, 0.3) is 0 Å². The molecule has 0 radical (unpaired) electrons. The number of halogens is 2. The molecule has 1 amide bonds. The summed E-state index contributed by atoms with van der Waals surface area (Å²) in [6, 6.07) is 0.822. The van der Waals surface area contributed by atoms with Gasteiger partial charge in [0.25, 0.3) is 5.91 Å². The number of aliphatic carboxylic acids is 1. The van der Waals surface area contributed by atoms with Crippen molar-refractivity contribution in [3.8, 4) is 0 Å². The van der Waals surface area contributed by atoms with Crippen LogP contribution in [0, 0.1) is 11.6 Å². The van der Waals surface area contributed by atoms with Gasteiger partial charge in [-0.3, -0.25) is 14.3 Å². The summed E-state index contributed by atoms with van der Waals surface area (Å²) in [6.07, 6.45) is 0. The summed E-state index contributed by atoms with van der Waals surface area (Å²) in [7, 11) is -4.45. The normalized spacial score (nSPS) is 12.8. The van der Waals surface area contributed by atoms with Crippen LogP contribution in [0.5, 0.6) is 0 Å². The lowest BCUT2D eigenvalue weighted by Gasteiger charge is -2.12. The number of rotatable bonds is 5. The highest BCUT2D eigenvalue weighted by molar-refractivity contribution is 7.94. The number of hydrogen-bond acceptors (Lipinski definition) is 4. The van der Waals surface area contributed by atoms with Gasteiger partial charge in [0.05, 0.1) is 11.3 Å². The van der Waals surface area contributed by atoms with Crippen molar-refractivity contribution in [2.24, 2.45) is 5.73 Å². The van der Waals surface area contributed by atoms with E-state index in [-0.39, 0.29) is 6.07 Å². The number of carboxylic acid groups (broad SMARTS) is 1. The van der Waals surface area contributed by atoms with Gasteiger partial charge in [-0.05, 0) is 13.0 Å². The number of sulfonamides is 1. The van der Waals surface area contributed by atoms with E-state index in [1.165, 1.54) is 0 Å². The summed E-state index contributed by atoms with van der Waals surface area (Å²) in [5.41, 5.74) is 3.33. The second-order valence-corrected chi connectivity index (χ2v) is 5.80. The first-order valence-corrected chi connectivity index (χ1v) is 6.64. The highest BCUT2D eigenvalue weighted by Crippen LogP contribution is 2.21. The molecule has 0 saturated heterocycles. The molecule has 20 heavy (non-hydrogen) atoms. The van der Waals surface area contributed by atoms with E-state index in [9.17, 15) is 26.8 Å². The van der Waals surface area contributed by atoms with Crippen LogP contribution in [-0.4, -0.2) is 30.7 Å². The minimum atomic E-state index is -4.45. The molecule has 1 aromatic rings. The van der Waals surface area contributed by atoms with E-state index in [0.29, 0.717) is 6.07 Å². The molecule has 0 spiro atoms. The Labute approximate surface area is 112 Å². The maximum atomic E-state index is 13.4. The van der Waals surface area contributed by atoms with Crippen molar-refractivity contribution in [3.05, 3.63) is 29.3 Å². The fraction of sp³-hybridized carbons (Fsp3) is 0.200. The van der Waals surface area contributed by atoms with Crippen molar-refractivity contribution < 1.29 is 31.9 Å². The summed E-state index contributed by atoms with van der Waals surface area (Å²) in [6.45, 7) is 0.862. The number of nitrogens with one attached hydrogen (secondary N) is 1. The molecular formula is C10H10F2N2O5S. The molecule has 10 heteroatoms. The quantitative estimate of drug-likeness (QED) is 0.720. The maximum absolute atomic E-state index is 13.4. The van der Waals surface area contributed by atoms with Gasteiger partial charge >= 0.3 is 5.97 Å². The third-order valence-electron chi connectivity index (χ3n) is 2.39. The summed E-state index contributed by atoms with van der Waals surface area (Å²) in [4.78, 5) is 21.5.